The molecular formula is C29H38ClN3O4S. The normalized spacial score (nSPS) is 12.7. The second-order valence-electron chi connectivity index (χ2n) is 9.96. The van der Waals surface area contributed by atoms with E-state index in [-0.39, 0.29) is 12.3 Å². The van der Waals surface area contributed by atoms with Crippen molar-refractivity contribution in [3.05, 3.63) is 70.8 Å². The number of carbonyl (C=O) groups excluding carboxylic acids is 3. The molecule has 206 valence electrons. The van der Waals surface area contributed by atoms with Gasteiger partial charge in [-0.15, -0.1) is 0 Å². The van der Waals surface area contributed by atoms with Gasteiger partial charge < -0.3 is 20.3 Å². The molecule has 0 fully saturated rings. The molecule has 2 aromatic rings. The highest BCUT2D eigenvalue weighted by atomic mass is 35.5. The SMILES string of the molecule is C=Cc1cccc(C(C(=O)Nc2c(C)cccc2Cl)N(CCCC)C(=O)C(CS)NC(=O)OC(C)(C)C)c1. The number of nitrogens with zero attached hydrogens (tertiary/aromatic N) is 1. The van der Waals surface area contributed by atoms with Crippen LogP contribution < -0.4 is 10.6 Å². The fraction of sp³-hybridized carbons (Fsp3) is 0.414. The number of ether oxygens (including phenoxy) is 1. The van der Waals surface area contributed by atoms with Gasteiger partial charge in [-0.2, -0.15) is 12.6 Å². The van der Waals surface area contributed by atoms with E-state index in [1.54, 1.807) is 45.0 Å². The largest absolute Gasteiger partial charge is 0.444 e. The van der Waals surface area contributed by atoms with Crippen molar-refractivity contribution in [2.45, 2.75) is 65.1 Å². The number of amides is 3. The van der Waals surface area contributed by atoms with Gasteiger partial charge in [-0.1, -0.05) is 67.9 Å². The monoisotopic (exact) mass is 559 g/mol. The van der Waals surface area contributed by atoms with Crippen molar-refractivity contribution in [3.8, 4) is 0 Å². The molecule has 0 saturated heterocycles. The Balaban J connectivity index is 2.55. The lowest BCUT2D eigenvalue weighted by Crippen LogP contribution is -2.53. The molecule has 0 aliphatic carbocycles. The number of halogens is 1. The van der Waals surface area contributed by atoms with Gasteiger partial charge in [-0.05, 0) is 62.9 Å². The molecule has 0 radical (unpaired) electrons. The Morgan fingerprint density at radius 2 is 1.87 bits per heavy atom. The highest BCUT2D eigenvalue weighted by Gasteiger charge is 2.36. The summed E-state index contributed by atoms with van der Waals surface area (Å²) >= 11 is 10.7. The van der Waals surface area contributed by atoms with Gasteiger partial charge in [0.25, 0.3) is 5.91 Å². The summed E-state index contributed by atoms with van der Waals surface area (Å²) in [6.45, 7) is 13.2. The van der Waals surface area contributed by atoms with Crippen molar-refractivity contribution in [2.24, 2.45) is 0 Å². The Morgan fingerprint density at radius 1 is 1.18 bits per heavy atom. The van der Waals surface area contributed by atoms with E-state index in [9.17, 15) is 14.4 Å². The molecule has 2 N–H and O–H groups in total. The van der Waals surface area contributed by atoms with Crippen molar-refractivity contribution < 1.29 is 19.1 Å². The van der Waals surface area contributed by atoms with E-state index >= 15 is 0 Å². The lowest BCUT2D eigenvalue weighted by atomic mass is 9.99. The molecule has 38 heavy (non-hydrogen) atoms. The standard InChI is InChI=1S/C29H38ClN3O4S/c1-7-9-16-33(27(35)23(18-38)31-28(36)37-29(4,5)6)25(21-14-11-13-20(8-2)17-21)26(34)32-24-19(3)12-10-15-22(24)30/h8,10-15,17,23,25,38H,2,7,9,16,18H2,1,3-6H3,(H,31,36)(H,32,34). The van der Waals surface area contributed by atoms with Crippen LogP contribution >= 0.6 is 24.2 Å². The summed E-state index contributed by atoms with van der Waals surface area (Å²) in [7, 11) is 0. The van der Waals surface area contributed by atoms with E-state index in [0.717, 1.165) is 17.5 Å². The smallest absolute Gasteiger partial charge is 0.408 e. The summed E-state index contributed by atoms with van der Waals surface area (Å²) in [5.74, 6) is -0.855. The van der Waals surface area contributed by atoms with Gasteiger partial charge >= 0.3 is 6.09 Å². The zero-order valence-corrected chi connectivity index (χ0v) is 24.4. The number of hydrogen-bond acceptors (Lipinski definition) is 5. The minimum atomic E-state index is -1.01. The van der Waals surface area contributed by atoms with Crippen LogP contribution in [0.15, 0.2) is 49.0 Å². The third-order valence-electron chi connectivity index (χ3n) is 5.70. The highest BCUT2D eigenvalue weighted by molar-refractivity contribution is 7.80. The van der Waals surface area contributed by atoms with Gasteiger partial charge in [0.1, 0.15) is 17.7 Å². The first-order valence-corrected chi connectivity index (χ1v) is 13.6. The van der Waals surface area contributed by atoms with Crippen LogP contribution in [0, 0.1) is 6.92 Å². The Kier molecular flexibility index (Phi) is 11.7. The molecule has 0 bridgehead atoms. The minimum Gasteiger partial charge on any atom is -0.444 e. The molecule has 3 amide bonds. The van der Waals surface area contributed by atoms with Gasteiger partial charge in [0.2, 0.25) is 5.91 Å². The summed E-state index contributed by atoms with van der Waals surface area (Å²) in [5.41, 5.74) is 1.93. The molecule has 0 aromatic heterocycles. The predicted molar refractivity (Wildman–Crippen MR) is 158 cm³/mol. The second kappa shape index (κ2) is 14.3. The number of carbonyl (C=O) groups is 3. The number of hydrogen-bond donors (Lipinski definition) is 3. The third kappa shape index (κ3) is 8.81. The summed E-state index contributed by atoms with van der Waals surface area (Å²) < 4.78 is 5.35. The van der Waals surface area contributed by atoms with Gasteiger partial charge in [0.15, 0.2) is 0 Å². The number of anilines is 1. The first-order valence-electron chi connectivity index (χ1n) is 12.6. The van der Waals surface area contributed by atoms with Crippen LogP contribution in [-0.2, 0) is 14.3 Å². The number of aryl methyl sites for hydroxylation is 1. The second-order valence-corrected chi connectivity index (χ2v) is 10.7. The van der Waals surface area contributed by atoms with Crippen molar-refractivity contribution in [2.75, 3.05) is 17.6 Å². The minimum absolute atomic E-state index is 0.0192. The molecule has 0 spiro atoms. The Morgan fingerprint density at radius 3 is 2.45 bits per heavy atom. The van der Waals surface area contributed by atoms with Gasteiger partial charge in [-0.25, -0.2) is 4.79 Å². The Bertz CT molecular complexity index is 1130. The van der Waals surface area contributed by atoms with E-state index in [1.165, 1.54) is 4.90 Å². The van der Waals surface area contributed by atoms with Crippen LogP contribution in [0.2, 0.25) is 5.02 Å². The lowest BCUT2D eigenvalue weighted by molar-refractivity contribution is -0.140. The maximum absolute atomic E-state index is 13.9. The molecule has 0 heterocycles. The number of nitrogens with one attached hydrogen (secondary N) is 2. The van der Waals surface area contributed by atoms with E-state index in [4.69, 9.17) is 16.3 Å². The number of unbranched alkanes of at least 4 members (excludes halogenated alkanes) is 1. The third-order valence-corrected chi connectivity index (χ3v) is 6.38. The summed E-state index contributed by atoms with van der Waals surface area (Å²) in [4.78, 5) is 41.8. The first-order chi connectivity index (χ1) is 17.9. The molecule has 9 heteroatoms. The number of thiol groups is 1. The zero-order chi connectivity index (χ0) is 28.5. The van der Waals surface area contributed by atoms with Crippen LogP contribution in [0.5, 0.6) is 0 Å². The average molecular weight is 560 g/mol. The van der Waals surface area contributed by atoms with Crippen LogP contribution in [0.3, 0.4) is 0 Å². The number of alkyl carbamates (subject to hydrolysis) is 1. The topological polar surface area (TPSA) is 87.7 Å². The Hall–Kier alpha value is -2.97. The van der Waals surface area contributed by atoms with E-state index in [0.29, 0.717) is 22.7 Å². The molecule has 2 unspecified atom stereocenters. The number of para-hydroxylation sites is 1. The fourth-order valence-corrected chi connectivity index (χ4v) is 4.36. The maximum Gasteiger partial charge on any atom is 0.408 e. The van der Waals surface area contributed by atoms with Gasteiger partial charge in [0, 0.05) is 12.3 Å². The summed E-state index contributed by atoms with van der Waals surface area (Å²) in [6, 6.07) is 10.6. The maximum atomic E-state index is 13.9. The summed E-state index contributed by atoms with van der Waals surface area (Å²) in [5, 5.41) is 5.94. The van der Waals surface area contributed by atoms with Crippen molar-refractivity contribution in [3.63, 3.8) is 0 Å². The molecule has 2 rings (SSSR count). The Labute approximate surface area is 236 Å². The van der Waals surface area contributed by atoms with Crippen molar-refractivity contribution >= 4 is 53.9 Å². The van der Waals surface area contributed by atoms with Gasteiger partial charge in [0.05, 0.1) is 10.7 Å². The van der Waals surface area contributed by atoms with E-state index in [2.05, 4.69) is 29.8 Å². The fourth-order valence-electron chi connectivity index (χ4n) is 3.84. The van der Waals surface area contributed by atoms with Gasteiger partial charge in [-0.3, -0.25) is 9.59 Å². The molecular weight excluding hydrogens is 522 g/mol. The highest BCUT2D eigenvalue weighted by Crippen LogP contribution is 2.30. The molecule has 0 aliphatic heterocycles. The lowest BCUT2D eigenvalue weighted by Gasteiger charge is -2.34. The zero-order valence-electron chi connectivity index (χ0n) is 22.7. The number of rotatable bonds is 11. The van der Waals surface area contributed by atoms with Crippen molar-refractivity contribution in [1.29, 1.82) is 0 Å². The molecule has 7 nitrogen and oxygen atoms in total. The first kappa shape index (κ1) is 31.2. The predicted octanol–water partition coefficient (Wildman–Crippen LogP) is 6.42. The van der Waals surface area contributed by atoms with Crippen LogP contribution in [-0.4, -0.2) is 46.7 Å². The molecule has 2 aromatic carbocycles. The summed E-state index contributed by atoms with van der Waals surface area (Å²) in [6.07, 6.45) is 2.38. The van der Waals surface area contributed by atoms with Crippen LogP contribution in [0.1, 0.15) is 63.3 Å². The van der Waals surface area contributed by atoms with Crippen molar-refractivity contribution in [1.82, 2.24) is 10.2 Å². The quantitative estimate of drug-likeness (QED) is 0.277. The molecule has 0 saturated carbocycles. The molecule has 2 atom stereocenters. The van der Waals surface area contributed by atoms with Crippen LogP contribution in [0.4, 0.5) is 10.5 Å². The van der Waals surface area contributed by atoms with E-state index < -0.39 is 35.6 Å². The number of benzene rings is 2. The van der Waals surface area contributed by atoms with E-state index in [1.807, 2.05) is 38.1 Å². The van der Waals surface area contributed by atoms with Crippen LogP contribution in [0.25, 0.3) is 6.08 Å². The molecule has 0 aliphatic rings. The average Bonchev–Trinajstić information content (AvgIpc) is 2.85.